The molecule has 3 N–H and O–H groups in total. The van der Waals surface area contributed by atoms with Crippen LogP contribution in [-0.4, -0.2) is 10.9 Å². The van der Waals surface area contributed by atoms with Gasteiger partial charge in [0, 0.05) is 24.8 Å². The van der Waals surface area contributed by atoms with Crippen molar-refractivity contribution in [3.63, 3.8) is 0 Å². The summed E-state index contributed by atoms with van der Waals surface area (Å²) < 4.78 is 0. The molecule has 0 bridgehead atoms. The fourth-order valence-corrected chi connectivity index (χ4v) is 1.67. The van der Waals surface area contributed by atoms with Crippen LogP contribution in [0.1, 0.15) is 21.6 Å². The van der Waals surface area contributed by atoms with E-state index in [1.165, 1.54) is 0 Å². The van der Waals surface area contributed by atoms with Crippen LogP contribution in [0.5, 0.6) is 0 Å². The molecule has 1 aromatic heterocycles. The summed E-state index contributed by atoms with van der Waals surface area (Å²) in [6.07, 6.45) is 1.77. The van der Waals surface area contributed by atoms with Crippen LogP contribution in [0.4, 0.5) is 0 Å². The average molecular weight is 241 g/mol. The monoisotopic (exact) mass is 241 g/mol. The summed E-state index contributed by atoms with van der Waals surface area (Å²) in [4.78, 5) is 15.3. The number of carbonyl (C=O) groups is 1. The second-order valence-electron chi connectivity index (χ2n) is 3.99. The van der Waals surface area contributed by atoms with E-state index in [0.29, 0.717) is 18.7 Å². The van der Waals surface area contributed by atoms with Gasteiger partial charge in [-0.2, -0.15) is 0 Å². The number of pyridine rings is 1. The first kappa shape index (κ1) is 12.3. The standard InChI is InChI=1S/C14H15N3O/c15-14(18)12-5-3-4-11(8-12)9-16-10-13-6-1-2-7-17-13/h1-8,16H,9-10H2,(H2,15,18). The molecule has 0 atom stereocenters. The van der Waals surface area contributed by atoms with Crippen LogP contribution in [-0.2, 0) is 13.1 Å². The lowest BCUT2D eigenvalue weighted by Crippen LogP contribution is -2.15. The van der Waals surface area contributed by atoms with Gasteiger partial charge in [-0.05, 0) is 29.8 Å². The molecular formula is C14H15N3O. The minimum Gasteiger partial charge on any atom is -0.366 e. The maximum Gasteiger partial charge on any atom is 0.248 e. The molecule has 0 saturated carbocycles. The molecule has 0 spiro atoms. The third-order valence-electron chi connectivity index (χ3n) is 2.57. The smallest absolute Gasteiger partial charge is 0.248 e. The second kappa shape index (κ2) is 5.93. The highest BCUT2D eigenvalue weighted by atomic mass is 16.1. The summed E-state index contributed by atoms with van der Waals surface area (Å²) in [5, 5.41) is 3.27. The molecule has 2 aromatic rings. The Bertz CT molecular complexity index is 526. The van der Waals surface area contributed by atoms with Gasteiger partial charge in [-0.1, -0.05) is 18.2 Å². The van der Waals surface area contributed by atoms with Gasteiger partial charge in [-0.15, -0.1) is 0 Å². The Morgan fingerprint density at radius 2 is 2.06 bits per heavy atom. The molecule has 0 fully saturated rings. The normalized spacial score (nSPS) is 10.2. The number of nitrogens with zero attached hydrogens (tertiary/aromatic N) is 1. The van der Waals surface area contributed by atoms with E-state index in [2.05, 4.69) is 10.3 Å². The molecule has 0 unspecified atom stereocenters. The van der Waals surface area contributed by atoms with Crippen molar-refractivity contribution in [3.05, 3.63) is 65.5 Å². The Hall–Kier alpha value is -2.20. The third-order valence-corrected chi connectivity index (χ3v) is 2.57. The highest BCUT2D eigenvalue weighted by Crippen LogP contribution is 2.04. The zero-order chi connectivity index (χ0) is 12.8. The topological polar surface area (TPSA) is 68.0 Å². The van der Waals surface area contributed by atoms with Gasteiger partial charge in [0.05, 0.1) is 5.69 Å². The Morgan fingerprint density at radius 1 is 1.17 bits per heavy atom. The van der Waals surface area contributed by atoms with Crippen LogP contribution in [0.3, 0.4) is 0 Å². The third kappa shape index (κ3) is 3.40. The number of benzene rings is 1. The number of hydrogen-bond acceptors (Lipinski definition) is 3. The highest BCUT2D eigenvalue weighted by Gasteiger charge is 2.01. The lowest BCUT2D eigenvalue weighted by Gasteiger charge is -2.05. The molecule has 0 aliphatic carbocycles. The molecule has 0 aliphatic heterocycles. The molecule has 18 heavy (non-hydrogen) atoms. The van der Waals surface area contributed by atoms with Crippen molar-refractivity contribution in [2.75, 3.05) is 0 Å². The molecule has 2 rings (SSSR count). The predicted octanol–water partition coefficient (Wildman–Crippen LogP) is 1.47. The summed E-state index contributed by atoms with van der Waals surface area (Å²) in [6.45, 7) is 1.37. The minimum absolute atomic E-state index is 0.401. The van der Waals surface area contributed by atoms with Crippen molar-refractivity contribution in [2.24, 2.45) is 5.73 Å². The van der Waals surface area contributed by atoms with Crippen molar-refractivity contribution in [1.29, 1.82) is 0 Å². The Balaban J connectivity index is 1.90. The fourth-order valence-electron chi connectivity index (χ4n) is 1.67. The van der Waals surface area contributed by atoms with Gasteiger partial charge < -0.3 is 11.1 Å². The maximum absolute atomic E-state index is 11.0. The van der Waals surface area contributed by atoms with Crippen LogP contribution < -0.4 is 11.1 Å². The predicted molar refractivity (Wildman–Crippen MR) is 69.7 cm³/mol. The van der Waals surface area contributed by atoms with E-state index in [1.807, 2.05) is 30.3 Å². The lowest BCUT2D eigenvalue weighted by atomic mass is 10.1. The van der Waals surface area contributed by atoms with Crippen LogP contribution in [0.25, 0.3) is 0 Å². The summed E-state index contributed by atoms with van der Waals surface area (Å²) in [5.74, 6) is -0.401. The number of aromatic nitrogens is 1. The van der Waals surface area contributed by atoms with E-state index >= 15 is 0 Å². The van der Waals surface area contributed by atoms with Gasteiger partial charge in [0.2, 0.25) is 5.91 Å². The molecule has 0 saturated heterocycles. The SMILES string of the molecule is NC(=O)c1cccc(CNCc2ccccn2)c1. The second-order valence-corrected chi connectivity index (χ2v) is 3.99. The van der Waals surface area contributed by atoms with Gasteiger partial charge >= 0.3 is 0 Å². The molecule has 4 nitrogen and oxygen atoms in total. The largest absolute Gasteiger partial charge is 0.366 e. The molecule has 0 radical (unpaired) electrons. The van der Waals surface area contributed by atoms with E-state index in [-0.39, 0.29) is 0 Å². The number of nitrogens with one attached hydrogen (secondary N) is 1. The van der Waals surface area contributed by atoms with Gasteiger partial charge in [-0.3, -0.25) is 9.78 Å². The van der Waals surface area contributed by atoms with Crippen LogP contribution in [0.15, 0.2) is 48.7 Å². The Kier molecular flexibility index (Phi) is 4.04. The summed E-state index contributed by atoms with van der Waals surface area (Å²) in [7, 11) is 0. The molecule has 1 aromatic carbocycles. The summed E-state index contributed by atoms with van der Waals surface area (Å²) in [5.41, 5.74) is 7.79. The number of carbonyl (C=O) groups excluding carboxylic acids is 1. The minimum atomic E-state index is -0.401. The quantitative estimate of drug-likeness (QED) is 0.833. The average Bonchev–Trinajstić information content (AvgIpc) is 2.40. The molecular weight excluding hydrogens is 226 g/mol. The first-order valence-corrected chi connectivity index (χ1v) is 5.75. The zero-order valence-electron chi connectivity index (χ0n) is 9.97. The Labute approximate surface area is 106 Å². The number of amides is 1. The van der Waals surface area contributed by atoms with Gasteiger partial charge in [0.15, 0.2) is 0 Å². The van der Waals surface area contributed by atoms with E-state index in [1.54, 1.807) is 18.3 Å². The number of primary amides is 1. The number of rotatable bonds is 5. The number of nitrogens with two attached hydrogens (primary N) is 1. The van der Waals surface area contributed by atoms with E-state index < -0.39 is 5.91 Å². The van der Waals surface area contributed by atoms with Crippen molar-refractivity contribution in [3.8, 4) is 0 Å². The maximum atomic E-state index is 11.0. The van der Waals surface area contributed by atoms with E-state index in [0.717, 1.165) is 11.3 Å². The molecule has 1 heterocycles. The van der Waals surface area contributed by atoms with Crippen LogP contribution >= 0.6 is 0 Å². The molecule has 4 heteroatoms. The first-order chi connectivity index (χ1) is 8.75. The summed E-state index contributed by atoms with van der Waals surface area (Å²) in [6, 6.07) is 13.1. The van der Waals surface area contributed by atoms with Crippen molar-refractivity contribution < 1.29 is 4.79 Å². The van der Waals surface area contributed by atoms with Gasteiger partial charge in [0.1, 0.15) is 0 Å². The first-order valence-electron chi connectivity index (χ1n) is 5.75. The van der Waals surface area contributed by atoms with E-state index in [4.69, 9.17) is 5.73 Å². The van der Waals surface area contributed by atoms with Crippen molar-refractivity contribution in [2.45, 2.75) is 13.1 Å². The van der Waals surface area contributed by atoms with Crippen LogP contribution in [0, 0.1) is 0 Å². The lowest BCUT2D eigenvalue weighted by molar-refractivity contribution is 0.1000. The van der Waals surface area contributed by atoms with Crippen molar-refractivity contribution in [1.82, 2.24) is 10.3 Å². The molecule has 0 aliphatic rings. The van der Waals surface area contributed by atoms with Gasteiger partial charge in [-0.25, -0.2) is 0 Å². The molecule has 92 valence electrons. The highest BCUT2D eigenvalue weighted by molar-refractivity contribution is 5.92. The van der Waals surface area contributed by atoms with E-state index in [9.17, 15) is 4.79 Å². The summed E-state index contributed by atoms with van der Waals surface area (Å²) >= 11 is 0. The number of hydrogen-bond donors (Lipinski definition) is 2. The van der Waals surface area contributed by atoms with Crippen molar-refractivity contribution >= 4 is 5.91 Å². The van der Waals surface area contributed by atoms with Gasteiger partial charge in [0.25, 0.3) is 0 Å². The zero-order valence-corrected chi connectivity index (χ0v) is 9.97. The molecule has 1 amide bonds. The van der Waals surface area contributed by atoms with Crippen LogP contribution in [0.2, 0.25) is 0 Å². The fraction of sp³-hybridized carbons (Fsp3) is 0.143. The Morgan fingerprint density at radius 3 is 2.78 bits per heavy atom.